The number of hydrogen-bond donors (Lipinski definition) is 0. The summed E-state index contributed by atoms with van der Waals surface area (Å²) in [6, 6.07) is 17.0. The molecule has 4 heteroatoms. The molecule has 34 heavy (non-hydrogen) atoms. The molecule has 3 aromatic carbocycles. The molecule has 176 valence electrons. The Balaban J connectivity index is 1.90. The van der Waals surface area contributed by atoms with Crippen molar-refractivity contribution < 1.29 is 18.7 Å². The Labute approximate surface area is 201 Å². The highest BCUT2D eigenvalue weighted by molar-refractivity contribution is 6.13. The second-order valence-electron chi connectivity index (χ2n) is 10.3. The number of ether oxygens (including phenoxy) is 1. The number of ketones is 1. The van der Waals surface area contributed by atoms with E-state index in [-0.39, 0.29) is 29.0 Å². The number of halogens is 1. The van der Waals surface area contributed by atoms with Crippen molar-refractivity contribution in [1.29, 1.82) is 0 Å². The van der Waals surface area contributed by atoms with Crippen LogP contribution >= 0.6 is 0 Å². The number of carbonyl (C=O) groups is 2. The zero-order chi connectivity index (χ0) is 24.7. The first-order valence-electron chi connectivity index (χ1n) is 11.8. The zero-order valence-corrected chi connectivity index (χ0v) is 20.5. The van der Waals surface area contributed by atoms with Crippen molar-refractivity contribution in [1.82, 2.24) is 0 Å². The lowest BCUT2D eigenvalue weighted by molar-refractivity contribution is 0.0526. The number of rotatable bonds is 5. The van der Waals surface area contributed by atoms with Gasteiger partial charge in [0.05, 0.1) is 12.2 Å². The molecule has 4 rings (SSSR count). The quantitative estimate of drug-likeness (QED) is 0.299. The van der Waals surface area contributed by atoms with Crippen molar-refractivity contribution in [3.8, 4) is 11.1 Å². The fraction of sp³-hybridized carbons (Fsp3) is 0.333. The van der Waals surface area contributed by atoms with Gasteiger partial charge in [0, 0.05) is 16.7 Å². The normalized spacial score (nSPS) is 15.9. The minimum Gasteiger partial charge on any atom is -0.462 e. The fourth-order valence-electron chi connectivity index (χ4n) is 4.83. The largest absolute Gasteiger partial charge is 0.462 e. The molecule has 0 heterocycles. The molecule has 0 saturated heterocycles. The molecule has 0 bridgehead atoms. The summed E-state index contributed by atoms with van der Waals surface area (Å²) in [5, 5.41) is 0. The maximum absolute atomic E-state index is 14.9. The van der Waals surface area contributed by atoms with E-state index in [4.69, 9.17) is 4.74 Å². The van der Waals surface area contributed by atoms with Gasteiger partial charge in [-0.1, -0.05) is 58.0 Å². The Kier molecular flexibility index (Phi) is 6.20. The number of fused-ring (bicyclic) bond motifs is 1. The van der Waals surface area contributed by atoms with Crippen molar-refractivity contribution in [2.45, 2.75) is 58.3 Å². The molecule has 0 unspecified atom stereocenters. The van der Waals surface area contributed by atoms with Gasteiger partial charge in [-0.15, -0.1) is 0 Å². The van der Waals surface area contributed by atoms with Crippen LogP contribution in [0.25, 0.3) is 11.1 Å². The summed E-state index contributed by atoms with van der Waals surface area (Å²) in [6.07, 6.45) is 2.03. The molecule has 0 fully saturated rings. The minimum atomic E-state index is -0.425. The summed E-state index contributed by atoms with van der Waals surface area (Å²) in [7, 11) is 0. The van der Waals surface area contributed by atoms with Crippen LogP contribution in [0.1, 0.15) is 84.9 Å². The number of hydrogen-bond acceptors (Lipinski definition) is 3. The topological polar surface area (TPSA) is 43.4 Å². The van der Waals surface area contributed by atoms with Crippen LogP contribution in [0.5, 0.6) is 0 Å². The molecule has 0 N–H and O–H groups in total. The maximum atomic E-state index is 14.9. The van der Waals surface area contributed by atoms with E-state index in [1.807, 2.05) is 12.1 Å². The molecular weight excluding hydrogens is 427 g/mol. The first-order chi connectivity index (χ1) is 16.0. The molecule has 0 amide bonds. The van der Waals surface area contributed by atoms with Gasteiger partial charge in [-0.05, 0) is 77.6 Å². The average molecular weight is 459 g/mol. The van der Waals surface area contributed by atoms with Gasteiger partial charge in [0.25, 0.3) is 0 Å². The van der Waals surface area contributed by atoms with E-state index < -0.39 is 5.97 Å². The van der Waals surface area contributed by atoms with E-state index in [2.05, 4.69) is 27.7 Å². The third-order valence-corrected chi connectivity index (χ3v) is 7.06. The van der Waals surface area contributed by atoms with Crippen LogP contribution in [0.3, 0.4) is 0 Å². The lowest BCUT2D eigenvalue weighted by atomic mass is 9.62. The third-order valence-electron chi connectivity index (χ3n) is 7.06. The van der Waals surface area contributed by atoms with Crippen molar-refractivity contribution in [2.75, 3.05) is 6.61 Å². The predicted molar refractivity (Wildman–Crippen MR) is 133 cm³/mol. The fourth-order valence-corrected chi connectivity index (χ4v) is 4.83. The highest BCUT2D eigenvalue weighted by Gasteiger charge is 2.38. The molecule has 3 nitrogen and oxygen atoms in total. The van der Waals surface area contributed by atoms with Crippen molar-refractivity contribution in [2.24, 2.45) is 0 Å². The summed E-state index contributed by atoms with van der Waals surface area (Å²) in [5.74, 6) is -0.982. The summed E-state index contributed by atoms with van der Waals surface area (Å²) in [5.41, 5.74) is 4.44. The van der Waals surface area contributed by atoms with Crippen molar-refractivity contribution >= 4 is 11.8 Å². The maximum Gasteiger partial charge on any atom is 0.338 e. The van der Waals surface area contributed by atoms with Crippen LogP contribution in [0.2, 0.25) is 0 Å². The molecule has 0 saturated carbocycles. The monoisotopic (exact) mass is 458 g/mol. The summed E-state index contributed by atoms with van der Waals surface area (Å²) >= 11 is 0. The minimum absolute atomic E-state index is 0.0757. The molecule has 3 aromatic rings. The zero-order valence-electron chi connectivity index (χ0n) is 20.5. The first kappa shape index (κ1) is 23.9. The Morgan fingerprint density at radius 1 is 0.824 bits per heavy atom. The van der Waals surface area contributed by atoms with Crippen LogP contribution in [-0.2, 0) is 15.6 Å². The smallest absolute Gasteiger partial charge is 0.338 e. The molecule has 0 aromatic heterocycles. The highest BCUT2D eigenvalue weighted by atomic mass is 19.1. The standard InChI is InChI=1S/C30H31FO3/c1-6-34-28(33)20-13-11-19(12-14-20)27(32)23-18-25-24(29(2,3)15-16-30(25,4)5)17-22(23)21-9-7-8-10-26(21)31/h7-14,17-18H,6,15-16H2,1-5H3. The lowest BCUT2D eigenvalue weighted by Crippen LogP contribution is -2.34. The van der Waals surface area contributed by atoms with Gasteiger partial charge in [-0.3, -0.25) is 4.79 Å². The van der Waals surface area contributed by atoms with Gasteiger partial charge in [0.1, 0.15) is 5.82 Å². The van der Waals surface area contributed by atoms with Crippen LogP contribution in [0, 0.1) is 5.82 Å². The molecule has 0 spiro atoms. The second-order valence-corrected chi connectivity index (χ2v) is 10.3. The highest BCUT2D eigenvalue weighted by Crippen LogP contribution is 2.48. The Bertz CT molecular complexity index is 1250. The van der Waals surface area contributed by atoms with E-state index >= 15 is 0 Å². The molecule has 0 aliphatic heterocycles. The molecule has 1 aliphatic rings. The van der Waals surface area contributed by atoms with Crippen molar-refractivity contribution in [3.05, 3.63) is 94.3 Å². The van der Waals surface area contributed by atoms with E-state index in [1.165, 1.54) is 6.07 Å². The van der Waals surface area contributed by atoms with Crippen molar-refractivity contribution in [3.63, 3.8) is 0 Å². The van der Waals surface area contributed by atoms with Gasteiger partial charge in [-0.25, -0.2) is 9.18 Å². The Morgan fingerprint density at radius 2 is 1.38 bits per heavy atom. The molecule has 0 radical (unpaired) electrons. The number of esters is 1. The summed E-state index contributed by atoms with van der Waals surface area (Å²) in [6.45, 7) is 10.9. The summed E-state index contributed by atoms with van der Waals surface area (Å²) in [4.78, 5) is 25.8. The number of benzene rings is 3. The third kappa shape index (κ3) is 4.29. The average Bonchev–Trinajstić information content (AvgIpc) is 2.81. The van der Waals surface area contributed by atoms with E-state index in [0.29, 0.717) is 27.8 Å². The van der Waals surface area contributed by atoms with Gasteiger partial charge >= 0.3 is 5.97 Å². The number of carbonyl (C=O) groups excluding carboxylic acids is 2. The summed E-state index contributed by atoms with van der Waals surface area (Å²) < 4.78 is 20.0. The van der Waals surface area contributed by atoms with Crippen LogP contribution < -0.4 is 0 Å². The SMILES string of the molecule is CCOC(=O)c1ccc(C(=O)c2cc3c(cc2-c2ccccc2F)C(C)(C)CCC3(C)C)cc1. The van der Waals surface area contributed by atoms with Gasteiger partial charge in [0.2, 0.25) is 0 Å². The lowest BCUT2D eigenvalue weighted by Gasteiger charge is -2.42. The van der Waals surface area contributed by atoms with Gasteiger partial charge < -0.3 is 4.74 Å². The second kappa shape index (κ2) is 8.83. The van der Waals surface area contributed by atoms with Crippen LogP contribution in [0.4, 0.5) is 4.39 Å². The molecular formula is C30H31FO3. The Hall–Kier alpha value is -3.27. The molecule has 0 atom stereocenters. The van der Waals surface area contributed by atoms with E-state index in [0.717, 1.165) is 24.0 Å². The van der Waals surface area contributed by atoms with E-state index in [1.54, 1.807) is 49.4 Å². The van der Waals surface area contributed by atoms with Gasteiger partial charge in [0.15, 0.2) is 5.78 Å². The first-order valence-corrected chi connectivity index (χ1v) is 11.8. The van der Waals surface area contributed by atoms with E-state index in [9.17, 15) is 14.0 Å². The Morgan fingerprint density at radius 3 is 1.97 bits per heavy atom. The predicted octanol–water partition coefficient (Wildman–Crippen LogP) is 7.25. The van der Waals surface area contributed by atoms with Crippen LogP contribution in [-0.4, -0.2) is 18.4 Å². The van der Waals surface area contributed by atoms with Crippen LogP contribution in [0.15, 0.2) is 60.7 Å². The molecule has 1 aliphatic carbocycles. The van der Waals surface area contributed by atoms with Gasteiger partial charge in [-0.2, -0.15) is 0 Å².